The average Bonchev–Trinajstić information content (AvgIpc) is 3.26. The standard InChI is InChI=1S/C19H24N2O3S2/c1-14(2)11-16(22)12-19-20-18(13-25-19)15-5-7-17(8-6-15)26(23,24)21-9-3-4-10-21/h5-8,13-14H,3-4,9-12H2,1-2H3. The lowest BCUT2D eigenvalue weighted by Crippen LogP contribution is -2.27. The molecule has 0 N–H and O–H groups in total. The summed E-state index contributed by atoms with van der Waals surface area (Å²) in [6.07, 6.45) is 2.78. The highest BCUT2D eigenvalue weighted by molar-refractivity contribution is 7.89. The number of carbonyl (C=O) groups excluding carboxylic acids is 1. The van der Waals surface area contributed by atoms with Crippen LogP contribution in [0.4, 0.5) is 0 Å². The summed E-state index contributed by atoms with van der Waals surface area (Å²) < 4.78 is 26.7. The van der Waals surface area contributed by atoms with Crippen LogP contribution in [0.25, 0.3) is 11.3 Å². The van der Waals surface area contributed by atoms with Gasteiger partial charge in [0.15, 0.2) is 0 Å². The van der Waals surface area contributed by atoms with Crippen LogP contribution in [-0.4, -0.2) is 36.6 Å². The third kappa shape index (κ3) is 4.39. The van der Waals surface area contributed by atoms with Crippen molar-refractivity contribution in [3.8, 4) is 11.3 Å². The summed E-state index contributed by atoms with van der Waals surface area (Å²) in [5.41, 5.74) is 1.65. The fourth-order valence-electron chi connectivity index (χ4n) is 3.10. The minimum Gasteiger partial charge on any atom is -0.299 e. The highest BCUT2D eigenvalue weighted by Gasteiger charge is 2.27. The summed E-state index contributed by atoms with van der Waals surface area (Å²) in [7, 11) is -3.39. The Morgan fingerprint density at radius 2 is 1.85 bits per heavy atom. The highest BCUT2D eigenvalue weighted by atomic mass is 32.2. The van der Waals surface area contributed by atoms with E-state index in [1.54, 1.807) is 28.6 Å². The molecule has 140 valence electrons. The van der Waals surface area contributed by atoms with Crippen molar-refractivity contribution in [2.75, 3.05) is 13.1 Å². The molecule has 2 aromatic rings. The molecule has 2 heterocycles. The zero-order chi connectivity index (χ0) is 18.7. The average molecular weight is 393 g/mol. The van der Waals surface area contributed by atoms with E-state index in [1.807, 2.05) is 19.2 Å². The van der Waals surface area contributed by atoms with Crippen LogP contribution < -0.4 is 0 Å². The fraction of sp³-hybridized carbons (Fsp3) is 0.474. The second-order valence-electron chi connectivity index (χ2n) is 7.08. The second kappa shape index (κ2) is 7.98. The first kappa shape index (κ1) is 19.2. The summed E-state index contributed by atoms with van der Waals surface area (Å²) in [6.45, 7) is 5.26. The van der Waals surface area contributed by atoms with Gasteiger partial charge in [-0.05, 0) is 30.9 Å². The third-order valence-electron chi connectivity index (χ3n) is 4.39. The number of hydrogen-bond donors (Lipinski definition) is 0. The molecular formula is C19H24N2O3S2. The van der Waals surface area contributed by atoms with E-state index in [9.17, 15) is 13.2 Å². The van der Waals surface area contributed by atoms with Gasteiger partial charge in [-0.25, -0.2) is 13.4 Å². The SMILES string of the molecule is CC(C)CC(=O)Cc1nc(-c2ccc(S(=O)(=O)N3CCCC3)cc2)cs1. The maximum Gasteiger partial charge on any atom is 0.243 e. The van der Waals surface area contributed by atoms with E-state index < -0.39 is 10.0 Å². The van der Waals surface area contributed by atoms with Gasteiger partial charge in [-0.15, -0.1) is 11.3 Å². The molecule has 0 atom stereocenters. The van der Waals surface area contributed by atoms with Crippen molar-refractivity contribution in [2.45, 2.75) is 44.4 Å². The first-order chi connectivity index (χ1) is 12.4. The molecule has 0 radical (unpaired) electrons. The number of ketones is 1. The van der Waals surface area contributed by atoms with E-state index >= 15 is 0 Å². The van der Waals surface area contributed by atoms with E-state index in [0.717, 1.165) is 29.1 Å². The molecule has 0 unspecified atom stereocenters. The quantitative estimate of drug-likeness (QED) is 0.720. The molecule has 0 amide bonds. The lowest BCUT2D eigenvalue weighted by atomic mass is 10.1. The highest BCUT2D eigenvalue weighted by Crippen LogP contribution is 2.26. The van der Waals surface area contributed by atoms with Gasteiger partial charge in [-0.2, -0.15) is 4.31 Å². The molecule has 26 heavy (non-hydrogen) atoms. The molecule has 0 bridgehead atoms. The number of sulfonamides is 1. The molecule has 1 fully saturated rings. The van der Waals surface area contributed by atoms with Crippen molar-refractivity contribution in [1.29, 1.82) is 0 Å². The number of hydrogen-bond acceptors (Lipinski definition) is 5. The van der Waals surface area contributed by atoms with Crippen LogP contribution in [0.15, 0.2) is 34.5 Å². The van der Waals surface area contributed by atoms with Crippen LogP contribution in [0.1, 0.15) is 38.1 Å². The molecule has 1 aromatic heterocycles. The Hall–Kier alpha value is -1.57. The number of benzene rings is 1. The van der Waals surface area contributed by atoms with Crippen LogP contribution >= 0.6 is 11.3 Å². The van der Waals surface area contributed by atoms with E-state index in [4.69, 9.17) is 0 Å². The molecule has 1 aliphatic rings. The zero-order valence-corrected chi connectivity index (χ0v) is 16.8. The van der Waals surface area contributed by atoms with Gasteiger partial charge in [0.1, 0.15) is 10.8 Å². The Labute approximate surface area is 159 Å². The van der Waals surface area contributed by atoms with Gasteiger partial charge < -0.3 is 0 Å². The summed E-state index contributed by atoms with van der Waals surface area (Å²) in [4.78, 5) is 16.8. The largest absolute Gasteiger partial charge is 0.299 e. The Bertz CT molecular complexity index is 864. The summed E-state index contributed by atoms with van der Waals surface area (Å²) in [5, 5.41) is 2.72. The minimum absolute atomic E-state index is 0.202. The Morgan fingerprint density at radius 1 is 1.19 bits per heavy atom. The monoisotopic (exact) mass is 392 g/mol. The van der Waals surface area contributed by atoms with E-state index in [2.05, 4.69) is 4.98 Å². The predicted molar refractivity (Wildman–Crippen MR) is 104 cm³/mol. The zero-order valence-electron chi connectivity index (χ0n) is 15.1. The second-order valence-corrected chi connectivity index (χ2v) is 9.96. The predicted octanol–water partition coefficient (Wildman–Crippen LogP) is 3.75. The van der Waals surface area contributed by atoms with Gasteiger partial charge in [-0.3, -0.25) is 4.79 Å². The van der Waals surface area contributed by atoms with Gasteiger partial charge in [0.2, 0.25) is 10.0 Å². The normalized spacial score (nSPS) is 15.7. The topological polar surface area (TPSA) is 67.3 Å². The van der Waals surface area contributed by atoms with Gasteiger partial charge >= 0.3 is 0 Å². The van der Waals surface area contributed by atoms with Crippen LogP contribution in [0.2, 0.25) is 0 Å². The molecule has 5 nitrogen and oxygen atoms in total. The molecule has 1 saturated heterocycles. The molecule has 0 spiro atoms. The van der Waals surface area contributed by atoms with E-state index in [0.29, 0.717) is 36.7 Å². The Balaban J connectivity index is 1.72. The Morgan fingerprint density at radius 3 is 2.46 bits per heavy atom. The van der Waals surface area contributed by atoms with Gasteiger partial charge in [0.25, 0.3) is 0 Å². The molecule has 0 saturated carbocycles. The number of aromatic nitrogens is 1. The first-order valence-corrected chi connectivity index (χ1v) is 11.2. The van der Waals surface area contributed by atoms with Crippen molar-refractivity contribution < 1.29 is 13.2 Å². The summed E-state index contributed by atoms with van der Waals surface area (Å²) >= 11 is 1.47. The molecular weight excluding hydrogens is 368 g/mol. The van der Waals surface area contributed by atoms with Gasteiger partial charge in [-0.1, -0.05) is 26.0 Å². The van der Waals surface area contributed by atoms with Crippen molar-refractivity contribution in [3.63, 3.8) is 0 Å². The lowest BCUT2D eigenvalue weighted by molar-refractivity contribution is -0.119. The molecule has 1 aliphatic heterocycles. The van der Waals surface area contributed by atoms with Crippen LogP contribution in [0.5, 0.6) is 0 Å². The number of Topliss-reactive ketones (excluding diaryl/α,β-unsaturated/α-hetero) is 1. The van der Waals surface area contributed by atoms with Crippen LogP contribution in [0, 0.1) is 5.92 Å². The molecule has 0 aliphatic carbocycles. The summed E-state index contributed by atoms with van der Waals surface area (Å²) in [6, 6.07) is 6.87. The van der Waals surface area contributed by atoms with Crippen molar-refractivity contribution >= 4 is 27.1 Å². The van der Waals surface area contributed by atoms with E-state index in [-0.39, 0.29) is 5.78 Å². The molecule has 1 aromatic carbocycles. The first-order valence-electron chi connectivity index (χ1n) is 8.93. The number of thiazole rings is 1. The van der Waals surface area contributed by atoms with Crippen molar-refractivity contribution in [2.24, 2.45) is 5.92 Å². The minimum atomic E-state index is -3.39. The number of nitrogens with zero attached hydrogens (tertiary/aromatic N) is 2. The summed E-state index contributed by atoms with van der Waals surface area (Å²) in [5.74, 6) is 0.556. The van der Waals surface area contributed by atoms with E-state index in [1.165, 1.54) is 11.3 Å². The maximum atomic E-state index is 12.6. The van der Waals surface area contributed by atoms with Crippen LogP contribution in [-0.2, 0) is 21.2 Å². The number of rotatable bonds is 7. The van der Waals surface area contributed by atoms with Gasteiger partial charge in [0.05, 0.1) is 17.0 Å². The van der Waals surface area contributed by atoms with Crippen molar-refractivity contribution in [3.05, 3.63) is 34.7 Å². The molecule has 7 heteroatoms. The maximum absolute atomic E-state index is 12.6. The number of carbonyl (C=O) groups is 1. The smallest absolute Gasteiger partial charge is 0.243 e. The van der Waals surface area contributed by atoms with Gasteiger partial charge in [0, 0.05) is 30.5 Å². The Kier molecular flexibility index (Phi) is 5.89. The lowest BCUT2D eigenvalue weighted by Gasteiger charge is -2.15. The van der Waals surface area contributed by atoms with Crippen LogP contribution in [0.3, 0.4) is 0 Å². The molecule has 3 rings (SSSR count). The van der Waals surface area contributed by atoms with Crippen molar-refractivity contribution in [1.82, 2.24) is 9.29 Å². The third-order valence-corrected chi connectivity index (χ3v) is 7.15. The fourth-order valence-corrected chi connectivity index (χ4v) is 5.44.